The van der Waals surface area contributed by atoms with E-state index >= 15 is 0 Å². The fourth-order valence-corrected chi connectivity index (χ4v) is 3.22. The summed E-state index contributed by atoms with van der Waals surface area (Å²) < 4.78 is 5.54. The van der Waals surface area contributed by atoms with Gasteiger partial charge in [0.2, 0.25) is 5.96 Å². The molecule has 23 heavy (non-hydrogen) atoms. The number of carbonyl (C=O) groups is 1. The summed E-state index contributed by atoms with van der Waals surface area (Å²) in [5, 5.41) is 0.997. The highest BCUT2D eigenvalue weighted by atomic mass is 16.3. The molecule has 0 unspecified atom stereocenters. The van der Waals surface area contributed by atoms with Gasteiger partial charge in [-0.1, -0.05) is 18.2 Å². The third-order valence-corrected chi connectivity index (χ3v) is 4.49. The van der Waals surface area contributed by atoms with E-state index in [1.807, 2.05) is 30.3 Å². The van der Waals surface area contributed by atoms with E-state index in [1.165, 1.54) is 6.42 Å². The Morgan fingerprint density at radius 3 is 2.78 bits per heavy atom. The fourth-order valence-electron chi connectivity index (χ4n) is 3.22. The number of likely N-dealkylation sites (tertiary alicyclic amines) is 1. The molecular weight excluding hydrogens is 290 g/mol. The molecule has 0 N–H and O–H groups in total. The molecule has 2 aromatic rings. The maximum atomic E-state index is 12.5. The molecule has 1 aromatic heterocycles. The molecule has 1 aromatic carbocycles. The molecule has 2 aliphatic rings. The number of para-hydroxylation sites is 1. The molecule has 2 aliphatic heterocycles. The smallest absolute Gasteiger partial charge is 0.279 e. The normalized spacial score (nSPS) is 20.7. The van der Waals surface area contributed by atoms with Gasteiger partial charge in [-0.05, 0) is 31.4 Å². The topological polar surface area (TPSA) is 49.1 Å². The van der Waals surface area contributed by atoms with E-state index in [9.17, 15) is 4.79 Å². The lowest BCUT2D eigenvalue weighted by atomic mass is 10.1. The molecule has 5 nitrogen and oxygen atoms in total. The third-order valence-electron chi connectivity index (χ3n) is 4.49. The second-order valence-electron chi connectivity index (χ2n) is 6.04. The molecule has 4 rings (SSSR count). The molecule has 5 heteroatoms. The Morgan fingerprint density at radius 2 is 1.96 bits per heavy atom. The Bertz CT molecular complexity index is 813. The van der Waals surface area contributed by atoms with Crippen LogP contribution in [-0.2, 0) is 4.79 Å². The van der Waals surface area contributed by atoms with Gasteiger partial charge in [-0.15, -0.1) is 0 Å². The van der Waals surface area contributed by atoms with Crippen LogP contribution < -0.4 is 0 Å². The van der Waals surface area contributed by atoms with Crippen molar-refractivity contribution in [1.29, 1.82) is 0 Å². The van der Waals surface area contributed by atoms with E-state index in [0.29, 0.717) is 5.70 Å². The van der Waals surface area contributed by atoms with Crippen LogP contribution >= 0.6 is 0 Å². The Labute approximate surface area is 134 Å². The summed E-state index contributed by atoms with van der Waals surface area (Å²) in [6, 6.07) is 7.81. The number of hydrogen-bond acceptors (Lipinski definition) is 4. The zero-order valence-electron chi connectivity index (χ0n) is 13.2. The largest absolute Gasteiger partial charge is 0.464 e. The van der Waals surface area contributed by atoms with Crippen LogP contribution in [0, 0.1) is 0 Å². The number of fused-ring (bicyclic) bond motifs is 1. The van der Waals surface area contributed by atoms with Crippen molar-refractivity contribution in [3.05, 3.63) is 41.8 Å². The summed E-state index contributed by atoms with van der Waals surface area (Å²) in [4.78, 5) is 21.0. The van der Waals surface area contributed by atoms with Crippen molar-refractivity contribution in [3.8, 4) is 0 Å². The van der Waals surface area contributed by atoms with E-state index in [-0.39, 0.29) is 5.91 Å². The molecule has 0 bridgehead atoms. The fraction of sp³-hybridized carbons (Fsp3) is 0.333. The van der Waals surface area contributed by atoms with Gasteiger partial charge in [-0.2, -0.15) is 0 Å². The summed E-state index contributed by atoms with van der Waals surface area (Å²) in [6.07, 6.45) is 7.07. The van der Waals surface area contributed by atoms with Crippen molar-refractivity contribution in [3.63, 3.8) is 0 Å². The molecule has 0 atom stereocenters. The van der Waals surface area contributed by atoms with Gasteiger partial charge in [0.1, 0.15) is 11.3 Å². The molecule has 118 valence electrons. The summed E-state index contributed by atoms with van der Waals surface area (Å²) in [6.45, 7) is 1.94. The first-order valence-corrected chi connectivity index (χ1v) is 8.04. The van der Waals surface area contributed by atoms with Crippen LogP contribution in [0.2, 0.25) is 0 Å². The van der Waals surface area contributed by atoms with Gasteiger partial charge < -0.3 is 9.32 Å². The molecule has 1 fully saturated rings. The van der Waals surface area contributed by atoms with Crippen LogP contribution in [0.15, 0.2) is 45.6 Å². The van der Waals surface area contributed by atoms with Crippen molar-refractivity contribution >= 4 is 28.9 Å². The number of benzene rings is 1. The second kappa shape index (κ2) is 5.57. The van der Waals surface area contributed by atoms with E-state index < -0.39 is 0 Å². The number of hydrogen-bond donors (Lipinski definition) is 0. The average molecular weight is 309 g/mol. The number of rotatable bonds is 1. The molecule has 0 radical (unpaired) electrons. The van der Waals surface area contributed by atoms with Crippen LogP contribution in [0.3, 0.4) is 0 Å². The highest BCUT2D eigenvalue weighted by Crippen LogP contribution is 2.26. The number of carbonyl (C=O) groups excluding carboxylic acids is 1. The van der Waals surface area contributed by atoms with Crippen LogP contribution in [0.1, 0.15) is 24.8 Å². The van der Waals surface area contributed by atoms with E-state index in [2.05, 4.69) is 9.89 Å². The quantitative estimate of drug-likeness (QED) is 0.761. The minimum Gasteiger partial charge on any atom is -0.464 e. The SMILES string of the molecule is CN1C(=O)/C(=C/c2coc3ccccc23)N=C1N1CCCCC1. The first-order chi connectivity index (χ1) is 11.2. The van der Waals surface area contributed by atoms with Crippen molar-refractivity contribution in [1.82, 2.24) is 9.80 Å². The van der Waals surface area contributed by atoms with Crippen LogP contribution in [-0.4, -0.2) is 41.8 Å². The molecule has 0 aliphatic carbocycles. The highest BCUT2D eigenvalue weighted by Gasteiger charge is 2.31. The maximum absolute atomic E-state index is 12.5. The summed E-state index contributed by atoms with van der Waals surface area (Å²) in [5.41, 5.74) is 2.18. The molecule has 3 heterocycles. The number of piperidine rings is 1. The van der Waals surface area contributed by atoms with Gasteiger partial charge in [-0.3, -0.25) is 9.69 Å². The number of likely N-dealkylation sites (N-methyl/N-ethyl adjacent to an activating group) is 1. The van der Waals surface area contributed by atoms with Gasteiger partial charge in [0.25, 0.3) is 5.91 Å². The zero-order valence-corrected chi connectivity index (χ0v) is 13.2. The van der Waals surface area contributed by atoms with Gasteiger partial charge in [0, 0.05) is 31.1 Å². The molecular formula is C18H19N3O2. The van der Waals surface area contributed by atoms with Gasteiger partial charge >= 0.3 is 0 Å². The average Bonchev–Trinajstić information content (AvgIpc) is 3.13. The number of guanidine groups is 1. The Morgan fingerprint density at radius 1 is 1.17 bits per heavy atom. The predicted octanol–water partition coefficient (Wildman–Crippen LogP) is 3.09. The van der Waals surface area contributed by atoms with Crippen molar-refractivity contribution in [2.24, 2.45) is 4.99 Å². The summed E-state index contributed by atoms with van der Waals surface area (Å²) >= 11 is 0. The van der Waals surface area contributed by atoms with Gasteiger partial charge in [-0.25, -0.2) is 4.99 Å². The Hall–Kier alpha value is -2.56. The maximum Gasteiger partial charge on any atom is 0.279 e. The second-order valence-corrected chi connectivity index (χ2v) is 6.04. The lowest BCUT2D eigenvalue weighted by Crippen LogP contribution is -2.44. The third kappa shape index (κ3) is 2.42. The summed E-state index contributed by atoms with van der Waals surface area (Å²) in [7, 11) is 1.80. The van der Waals surface area contributed by atoms with Gasteiger partial charge in [0.15, 0.2) is 0 Å². The first-order valence-electron chi connectivity index (χ1n) is 8.04. The monoisotopic (exact) mass is 309 g/mol. The Balaban J connectivity index is 1.70. The molecule has 1 saturated heterocycles. The van der Waals surface area contributed by atoms with Crippen LogP contribution in [0.5, 0.6) is 0 Å². The minimum absolute atomic E-state index is 0.0594. The van der Waals surface area contributed by atoms with Crippen molar-refractivity contribution < 1.29 is 9.21 Å². The molecule has 0 saturated carbocycles. The highest BCUT2D eigenvalue weighted by molar-refractivity contribution is 6.14. The minimum atomic E-state index is -0.0594. The first kappa shape index (κ1) is 14.1. The molecule has 0 spiro atoms. The summed E-state index contributed by atoms with van der Waals surface area (Å²) in [5.74, 6) is 0.713. The number of aliphatic imine (C=N–C) groups is 1. The number of nitrogens with zero attached hydrogens (tertiary/aromatic N) is 3. The van der Waals surface area contributed by atoms with E-state index in [1.54, 1.807) is 18.2 Å². The Kier molecular flexibility index (Phi) is 3.41. The van der Waals surface area contributed by atoms with E-state index in [4.69, 9.17) is 4.42 Å². The number of furan rings is 1. The van der Waals surface area contributed by atoms with E-state index in [0.717, 1.165) is 48.4 Å². The van der Waals surface area contributed by atoms with Gasteiger partial charge in [0.05, 0.1) is 6.26 Å². The lowest BCUT2D eigenvalue weighted by molar-refractivity contribution is -0.122. The van der Waals surface area contributed by atoms with Crippen LogP contribution in [0.25, 0.3) is 17.0 Å². The van der Waals surface area contributed by atoms with Crippen molar-refractivity contribution in [2.75, 3.05) is 20.1 Å². The van der Waals surface area contributed by atoms with Crippen LogP contribution in [0.4, 0.5) is 0 Å². The standard InChI is InChI=1S/C18H19N3O2/c1-20-17(22)15(19-18(20)21-9-5-2-6-10-21)11-13-12-23-16-8-4-3-7-14(13)16/h3-4,7-8,11-12H,2,5-6,9-10H2,1H3/b15-11-. The molecule has 1 amide bonds. The lowest BCUT2D eigenvalue weighted by Gasteiger charge is -2.30. The predicted molar refractivity (Wildman–Crippen MR) is 89.8 cm³/mol. The number of amides is 1. The van der Waals surface area contributed by atoms with Crippen molar-refractivity contribution in [2.45, 2.75) is 19.3 Å². The zero-order chi connectivity index (χ0) is 15.8.